The SMILES string of the molecule is Cc1onc(-c2ccccc2Cl)c1C(=O)Nc1ccc2c(c1)OC1(CCCC1)O2. The lowest BCUT2D eigenvalue weighted by Gasteiger charge is -2.21. The van der Waals surface area contributed by atoms with Crippen molar-refractivity contribution in [2.75, 3.05) is 5.32 Å². The van der Waals surface area contributed by atoms with Gasteiger partial charge < -0.3 is 19.3 Å². The van der Waals surface area contributed by atoms with Crippen molar-refractivity contribution in [3.05, 3.63) is 58.8 Å². The summed E-state index contributed by atoms with van der Waals surface area (Å²) in [6, 6.07) is 12.6. The van der Waals surface area contributed by atoms with Crippen LogP contribution in [0.15, 0.2) is 47.0 Å². The number of aromatic nitrogens is 1. The zero-order chi connectivity index (χ0) is 20.0. The van der Waals surface area contributed by atoms with Crippen molar-refractivity contribution in [1.29, 1.82) is 0 Å². The van der Waals surface area contributed by atoms with Gasteiger partial charge in [-0.05, 0) is 38.0 Å². The van der Waals surface area contributed by atoms with E-state index in [4.69, 9.17) is 25.6 Å². The Balaban J connectivity index is 1.42. The summed E-state index contributed by atoms with van der Waals surface area (Å²) < 4.78 is 17.4. The molecule has 1 aromatic heterocycles. The topological polar surface area (TPSA) is 73.6 Å². The van der Waals surface area contributed by atoms with Crippen LogP contribution in [0.5, 0.6) is 11.5 Å². The Morgan fingerprint density at radius 2 is 1.86 bits per heavy atom. The molecule has 0 bridgehead atoms. The number of carbonyl (C=O) groups excluding carboxylic acids is 1. The van der Waals surface area contributed by atoms with Gasteiger partial charge in [-0.15, -0.1) is 0 Å². The Morgan fingerprint density at radius 1 is 1.10 bits per heavy atom. The molecule has 1 aliphatic carbocycles. The van der Waals surface area contributed by atoms with Crippen LogP contribution in [0.25, 0.3) is 11.3 Å². The van der Waals surface area contributed by atoms with Crippen molar-refractivity contribution in [1.82, 2.24) is 5.16 Å². The minimum atomic E-state index is -0.534. The predicted molar refractivity (Wildman–Crippen MR) is 109 cm³/mol. The number of anilines is 1. The van der Waals surface area contributed by atoms with E-state index in [1.165, 1.54) is 0 Å². The summed E-state index contributed by atoms with van der Waals surface area (Å²) in [5.74, 6) is 0.921. The highest BCUT2D eigenvalue weighted by atomic mass is 35.5. The summed E-state index contributed by atoms with van der Waals surface area (Å²) in [6.45, 7) is 1.70. The summed E-state index contributed by atoms with van der Waals surface area (Å²) in [5.41, 5.74) is 2.02. The number of nitrogens with zero attached hydrogens (tertiary/aromatic N) is 1. The fourth-order valence-electron chi connectivity index (χ4n) is 3.96. The number of ether oxygens (including phenoxy) is 2. The summed E-state index contributed by atoms with van der Waals surface area (Å²) in [6.07, 6.45) is 3.94. The molecule has 0 saturated heterocycles. The van der Waals surface area contributed by atoms with Gasteiger partial charge in [0, 0.05) is 30.2 Å². The number of amides is 1. The molecule has 0 atom stereocenters. The van der Waals surface area contributed by atoms with Crippen LogP contribution in [0.4, 0.5) is 5.69 Å². The molecule has 0 unspecified atom stereocenters. The maximum atomic E-state index is 13.0. The lowest BCUT2D eigenvalue weighted by Crippen LogP contribution is -2.34. The van der Waals surface area contributed by atoms with Gasteiger partial charge in [0.25, 0.3) is 11.7 Å². The first-order valence-corrected chi connectivity index (χ1v) is 9.97. The molecule has 2 aliphatic rings. The second kappa shape index (κ2) is 6.81. The van der Waals surface area contributed by atoms with E-state index in [0.717, 1.165) is 25.7 Å². The van der Waals surface area contributed by atoms with Crippen LogP contribution in [0, 0.1) is 6.92 Å². The number of halogens is 1. The van der Waals surface area contributed by atoms with Crippen LogP contribution in [0.1, 0.15) is 41.8 Å². The van der Waals surface area contributed by atoms with E-state index in [1.807, 2.05) is 18.2 Å². The van der Waals surface area contributed by atoms with Gasteiger partial charge in [0.05, 0.1) is 5.02 Å². The second-order valence-electron chi connectivity index (χ2n) is 7.38. The first-order chi connectivity index (χ1) is 14.0. The molecule has 148 valence electrons. The van der Waals surface area contributed by atoms with E-state index in [-0.39, 0.29) is 5.91 Å². The fraction of sp³-hybridized carbons (Fsp3) is 0.273. The maximum absolute atomic E-state index is 13.0. The molecule has 3 aromatic rings. The molecule has 0 radical (unpaired) electrons. The van der Waals surface area contributed by atoms with Crippen LogP contribution in [0.3, 0.4) is 0 Å². The molecule has 7 heteroatoms. The van der Waals surface area contributed by atoms with Crippen LogP contribution in [-0.2, 0) is 0 Å². The zero-order valence-corrected chi connectivity index (χ0v) is 16.6. The third-order valence-corrected chi connectivity index (χ3v) is 5.71. The van der Waals surface area contributed by atoms with E-state index in [2.05, 4.69) is 10.5 Å². The zero-order valence-electron chi connectivity index (χ0n) is 15.8. The van der Waals surface area contributed by atoms with E-state index in [9.17, 15) is 4.79 Å². The van der Waals surface area contributed by atoms with E-state index < -0.39 is 5.79 Å². The van der Waals surface area contributed by atoms with Crippen molar-refractivity contribution in [2.24, 2.45) is 0 Å². The van der Waals surface area contributed by atoms with E-state index in [1.54, 1.807) is 31.2 Å². The van der Waals surface area contributed by atoms with Gasteiger partial charge in [-0.25, -0.2) is 0 Å². The third kappa shape index (κ3) is 3.13. The molecule has 1 fully saturated rings. The molecule has 2 heterocycles. The number of fused-ring (bicyclic) bond motifs is 1. The van der Waals surface area contributed by atoms with E-state index in [0.29, 0.717) is 44.8 Å². The predicted octanol–water partition coefficient (Wildman–Crippen LogP) is 5.60. The van der Waals surface area contributed by atoms with Crippen molar-refractivity contribution >= 4 is 23.2 Å². The molecule has 1 saturated carbocycles. The van der Waals surface area contributed by atoms with Crippen molar-refractivity contribution < 1.29 is 18.8 Å². The van der Waals surface area contributed by atoms with Gasteiger partial charge in [0.1, 0.15) is 17.0 Å². The highest BCUT2D eigenvalue weighted by molar-refractivity contribution is 6.33. The Hall–Kier alpha value is -2.99. The average molecular weight is 411 g/mol. The number of benzene rings is 2. The normalized spacial score (nSPS) is 16.3. The van der Waals surface area contributed by atoms with Crippen molar-refractivity contribution in [3.8, 4) is 22.8 Å². The number of hydrogen-bond acceptors (Lipinski definition) is 5. The van der Waals surface area contributed by atoms with Crippen LogP contribution >= 0.6 is 11.6 Å². The lowest BCUT2D eigenvalue weighted by atomic mass is 10.1. The monoisotopic (exact) mass is 410 g/mol. The van der Waals surface area contributed by atoms with Gasteiger partial charge in [0.2, 0.25) is 0 Å². The Morgan fingerprint density at radius 3 is 2.66 bits per heavy atom. The maximum Gasteiger partial charge on any atom is 0.261 e. The first kappa shape index (κ1) is 18.1. The molecule has 1 aliphatic heterocycles. The lowest BCUT2D eigenvalue weighted by molar-refractivity contribution is -0.0716. The minimum Gasteiger partial charge on any atom is -0.448 e. The largest absolute Gasteiger partial charge is 0.448 e. The molecule has 1 spiro atoms. The van der Waals surface area contributed by atoms with Gasteiger partial charge in [0.15, 0.2) is 11.5 Å². The summed E-state index contributed by atoms with van der Waals surface area (Å²) in [5, 5.41) is 7.46. The highest BCUT2D eigenvalue weighted by Crippen LogP contribution is 2.47. The van der Waals surface area contributed by atoms with Gasteiger partial charge in [-0.1, -0.05) is 35.0 Å². The number of hydrogen-bond donors (Lipinski definition) is 1. The molecule has 29 heavy (non-hydrogen) atoms. The Labute approximate surface area is 172 Å². The first-order valence-electron chi connectivity index (χ1n) is 9.59. The summed E-state index contributed by atoms with van der Waals surface area (Å²) in [7, 11) is 0. The molecular weight excluding hydrogens is 392 g/mol. The second-order valence-corrected chi connectivity index (χ2v) is 7.79. The molecule has 1 N–H and O–H groups in total. The standard InChI is InChI=1S/C22H19ClN2O4/c1-13-19(20(25-29-13)15-6-2-3-7-16(15)23)21(26)24-14-8-9-17-18(12-14)28-22(27-17)10-4-5-11-22/h2-3,6-9,12H,4-5,10-11H2,1H3,(H,24,26). The Bertz CT molecular complexity index is 1100. The minimum absolute atomic E-state index is 0.326. The van der Waals surface area contributed by atoms with Crippen LogP contribution in [-0.4, -0.2) is 16.9 Å². The Kier molecular flexibility index (Phi) is 4.24. The smallest absolute Gasteiger partial charge is 0.261 e. The molecule has 5 rings (SSSR count). The number of carbonyl (C=O) groups is 1. The number of nitrogens with one attached hydrogen (secondary N) is 1. The van der Waals surface area contributed by atoms with Crippen molar-refractivity contribution in [3.63, 3.8) is 0 Å². The summed E-state index contributed by atoms with van der Waals surface area (Å²) in [4.78, 5) is 13.0. The van der Waals surface area contributed by atoms with Gasteiger partial charge in [-0.2, -0.15) is 0 Å². The van der Waals surface area contributed by atoms with Gasteiger partial charge >= 0.3 is 0 Å². The van der Waals surface area contributed by atoms with Crippen LogP contribution in [0.2, 0.25) is 5.02 Å². The molecular formula is C22H19ClN2O4. The number of aryl methyl sites for hydroxylation is 1. The molecule has 2 aromatic carbocycles. The third-order valence-electron chi connectivity index (χ3n) is 5.38. The van der Waals surface area contributed by atoms with Crippen molar-refractivity contribution in [2.45, 2.75) is 38.4 Å². The summed E-state index contributed by atoms with van der Waals surface area (Å²) >= 11 is 6.28. The van der Waals surface area contributed by atoms with E-state index >= 15 is 0 Å². The fourth-order valence-corrected chi connectivity index (χ4v) is 4.18. The average Bonchev–Trinajstić information content (AvgIpc) is 3.40. The quantitative estimate of drug-likeness (QED) is 0.608. The highest BCUT2D eigenvalue weighted by Gasteiger charge is 2.44. The van der Waals surface area contributed by atoms with Gasteiger partial charge in [-0.3, -0.25) is 4.79 Å². The molecule has 1 amide bonds. The van der Waals surface area contributed by atoms with Crippen LogP contribution < -0.4 is 14.8 Å². The number of rotatable bonds is 3. The molecule has 6 nitrogen and oxygen atoms in total.